The maximum Gasteiger partial charge on any atom is 0.245 e. The number of nitrogen functional groups attached to an aromatic ring is 1. The summed E-state index contributed by atoms with van der Waals surface area (Å²) in [6.45, 7) is 4.39. The zero-order chi connectivity index (χ0) is 14.9. The van der Waals surface area contributed by atoms with Crippen molar-refractivity contribution in [1.29, 1.82) is 0 Å². The number of nitrogens with zero attached hydrogens (tertiary/aromatic N) is 1. The lowest BCUT2D eigenvalue weighted by atomic mass is 9.93. The first-order valence-electron chi connectivity index (χ1n) is 6.87. The summed E-state index contributed by atoms with van der Waals surface area (Å²) >= 11 is 0. The van der Waals surface area contributed by atoms with Crippen LogP contribution in [-0.2, 0) is 10.0 Å². The van der Waals surface area contributed by atoms with Crippen molar-refractivity contribution < 1.29 is 13.5 Å². The smallest absolute Gasteiger partial charge is 0.245 e. The molecule has 0 radical (unpaired) electrons. The monoisotopic (exact) mass is 298 g/mol. The van der Waals surface area contributed by atoms with Crippen LogP contribution in [0.1, 0.15) is 25.3 Å². The molecule has 6 heteroatoms. The average Bonchev–Trinajstić information content (AvgIpc) is 2.38. The molecule has 0 aromatic heterocycles. The third-order valence-corrected chi connectivity index (χ3v) is 6.14. The molecule has 0 spiro atoms. The Morgan fingerprint density at radius 1 is 1.35 bits per heavy atom. The maximum atomic E-state index is 12.7. The van der Waals surface area contributed by atoms with Crippen LogP contribution in [0, 0.1) is 12.8 Å². The van der Waals surface area contributed by atoms with Gasteiger partial charge in [0.25, 0.3) is 0 Å². The van der Waals surface area contributed by atoms with Crippen molar-refractivity contribution in [2.45, 2.75) is 37.7 Å². The molecule has 0 amide bonds. The van der Waals surface area contributed by atoms with E-state index in [0.717, 1.165) is 0 Å². The Kier molecular flexibility index (Phi) is 4.36. The fourth-order valence-electron chi connectivity index (χ4n) is 2.76. The molecule has 2 rings (SSSR count). The van der Waals surface area contributed by atoms with Crippen LogP contribution in [0.25, 0.3) is 0 Å². The summed E-state index contributed by atoms with van der Waals surface area (Å²) < 4.78 is 26.9. The number of rotatable bonds is 3. The molecule has 1 aliphatic heterocycles. The molecule has 1 fully saturated rings. The minimum absolute atomic E-state index is 0.177. The number of sulfonamides is 1. The number of anilines is 1. The summed E-state index contributed by atoms with van der Waals surface area (Å²) in [5.41, 5.74) is 6.81. The quantitative estimate of drug-likeness (QED) is 0.825. The van der Waals surface area contributed by atoms with E-state index in [1.807, 2.05) is 0 Å². The summed E-state index contributed by atoms with van der Waals surface area (Å²) in [5, 5.41) is 9.58. The van der Waals surface area contributed by atoms with Gasteiger partial charge in [-0.05, 0) is 44.2 Å². The van der Waals surface area contributed by atoms with E-state index in [4.69, 9.17) is 5.73 Å². The Morgan fingerprint density at radius 2 is 1.95 bits per heavy atom. The van der Waals surface area contributed by atoms with Crippen molar-refractivity contribution in [2.75, 3.05) is 18.8 Å². The molecule has 0 saturated carbocycles. The van der Waals surface area contributed by atoms with Crippen molar-refractivity contribution in [3.63, 3.8) is 0 Å². The number of benzene rings is 1. The average molecular weight is 298 g/mol. The van der Waals surface area contributed by atoms with Crippen LogP contribution in [0.5, 0.6) is 0 Å². The second-order valence-electron chi connectivity index (χ2n) is 5.48. The largest absolute Gasteiger partial charge is 0.398 e. The van der Waals surface area contributed by atoms with Crippen LogP contribution in [0.4, 0.5) is 5.69 Å². The van der Waals surface area contributed by atoms with Crippen LogP contribution in [0.15, 0.2) is 23.1 Å². The molecule has 1 atom stereocenters. The molecular weight excluding hydrogens is 276 g/mol. The lowest BCUT2D eigenvalue weighted by Gasteiger charge is -2.33. The second-order valence-corrected chi connectivity index (χ2v) is 7.35. The van der Waals surface area contributed by atoms with Gasteiger partial charge >= 0.3 is 0 Å². The standard InChI is InChI=1S/C14H22N2O3S/c1-10-4-3-5-13(15)14(10)20(18,19)16-8-6-12(7-9-16)11(2)17/h3-5,11-12,17H,6-9,15H2,1-2H3. The van der Waals surface area contributed by atoms with Crippen molar-refractivity contribution in [2.24, 2.45) is 5.92 Å². The lowest BCUT2D eigenvalue weighted by Crippen LogP contribution is -2.41. The zero-order valence-corrected chi connectivity index (χ0v) is 12.7. The molecule has 5 nitrogen and oxygen atoms in total. The summed E-state index contributed by atoms with van der Waals surface area (Å²) in [6, 6.07) is 5.12. The van der Waals surface area contributed by atoms with E-state index in [-0.39, 0.29) is 16.9 Å². The molecule has 3 N–H and O–H groups in total. The van der Waals surface area contributed by atoms with Gasteiger partial charge in [-0.25, -0.2) is 8.42 Å². The Hall–Kier alpha value is -1.11. The van der Waals surface area contributed by atoms with Gasteiger partial charge in [-0.15, -0.1) is 0 Å². The highest BCUT2D eigenvalue weighted by Crippen LogP contribution is 2.30. The molecule has 1 aromatic carbocycles. The third-order valence-electron chi connectivity index (χ3n) is 4.02. The van der Waals surface area contributed by atoms with Gasteiger partial charge in [-0.2, -0.15) is 4.31 Å². The van der Waals surface area contributed by atoms with Crippen LogP contribution < -0.4 is 5.73 Å². The van der Waals surface area contributed by atoms with E-state index < -0.39 is 10.0 Å². The number of aryl methyl sites for hydroxylation is 1. The first kappa shape index (κ1) is 15.3. The van der Waals surface area contributed by atoms with Crippen molar-refractivity contribution in [1.82, 2.24) is 4.31 Å². The third kappa shape index (κ3) is 2.82. The number of piperidine rings is 1. The summed E-state index contributed by atoms with van der Waals surface area (Å²) in [5.74, 6) is 0.177. The molecule has 1 saturated heterocycles. The van der Waals surface area contributed by atoms with Gasteiger partial charge < -0.3 is 10.8 Å². The van der Waals surface area contributed by atoms with E-state index >= 15 is 0 Å². The molecule has 112 valence electrons. The van der Waals surface area contributed by atoms with Crippen LogP contribution in [0.3, 0.4) is 0 Å². The van der Waals surface area contributed by atoms with Crippen molar-refractivity contribution in [3.8, 4) is 0 Å². The minimum Gasteiger partial charge on any atom is -0.398 e. The highest BCUT2D eigenvalue weighted by atomic mass is 32.2. The summed E-state index contributed by atoms with van der Waals surface area (Å²) in [4.78, 5) is 0.218. The lowest BCUT2D eigenvalue weighted by molar-refractivity contribution is 0.0912. The first-order chi connectivity index (χ1) is 9.34. The Labute approximate surface area is 120 Å². The topological polar surface area (TPSA) is 83.6 Å². The van der Waals surface area contributed by atoms with Crippen LogP contribution in [-0.4, -0.2) is 37.0 Å². The number of hydrogen-bond acceptors (Lipinski definition) is 4. The molecule has 20 heavy (non-hydrogen) atoms. The highest BCUT2D eigenvalue weighted by Gasteiger charge is 2.32. The van der Waals surface area contributed by atoms with Crippen LogP contribution >= 0.6 is 0 Å². The van der Waals surface area contributed by atoms with E-state index in [2.05, 4.69) is 0 Å². The van der Waals surface area contributed by atoms with Crippen LogP contribution in [0.2, 0.25) is 0 Å². The minimum atomic E-state index is -3.55. The highest BCUT2D eigenvalue weighted by molar-refractivity contribution is 7.89. The van der Waals surface area contributed by atoms with E-state index in [0.29, 0.717) is 37.2 Å². The molecule has 1 aromatic rings. The van der Waals surface area contributed by atoms with Gasteiger partial charge in [0.2, 0.25) is 10.0 Å². The van der Waals surface area contributed by atoms with Gasteiger partial charge in [-0.3, -0.25) is 0 Å². The van der Waals surface area contributed by atoms with E-state index in [1.165, 1.54) is 4.31 Å². The molecular formula is C14H22N2O3S. The Balaban J connectivity index is 2.25. The molecule has 1 aliphatic rings. The molecule has 0 bridgehead atoms. The summed E-state index contributed by atoms with van der Waals surface area (Å²) in [7, 11) is -3.55. The predicted molar refractivity (Wildman–Crippen MR) is 78.8 cm³/mol. The summed E-state index contributed by atoms with van der Waals surface area (Å²) in [6.07, 6.45) is 0.981. The molecule has 0 aliphatic carbocycles. The number of aliphatic hydroxyl groups excluding tert-OH is 1. The fraction of sp³-hybridized carbons (Fsp3) is 0.571. The SMILES string of the molecule is Cc1cccc(N)c1S(=O)(=O)N1CCC(C(C)O)CC1. The van der Waals surface area contributed by atoms with Gasteiger partial charge in [0.05, 0.1) is 11.8 Å². The van der Waals surface area contributed by atoms with Gasteiger partial charge in [0.1, 0.15) is 4.90 Å². The normalized spacial score (nSPS) is 19.9. The number of aliphatic hydroxyl groups is 1. The maximum absolute atomic E-state index is 12.7. The first-order valence-corrected chi connectivity index (χ1v) is 8.31. The number of nitrogens with two attached hydrogens (primary N) is 1. The predicted octanol–water partition coefficient (Wildman–Crippen LogP) is 1.36. The second kappa shape index (κ2) is 5.71. The van der Waals surface area contributed by atoms with E-state index in [1.54, 1.807) is 32.0 Å². The molecule has 1 heterocycles. The molecule has 1 unspecified atom stereocenters. The number of hydrogen-bond donors (Lipinski definition) is 2. The van der Waals surface area contributed by atoms with Crippen molar-refractivity contribution >= 4 is 15.7 Å². The van der Waals surface area contributed by atoms with Gasteiger partial charge in [0.15, 0.2) is 0 Å². The Morgan fingerprint density at radius 3 is 2.45 bits per heavy atom. The van der Waals surface area contributed by atoms with Gasteiger partial charge in [0, 0.05) is 13.1 Å². The zero-order valence-electron chi connectivity index (χ0n) is 11.9. The van der Waals surface area contributed by atoms with Gasteiger partial charge in [-0.1, -0.05) is 12.1 Å². The van der Waals surface area contributed by atoms with Crippen molar-refractivity contribution in [3.05, 3.63) is 23.8 Å². The van der Waals surface area contributed by atoms with E-state index in [9.17, 15) is 13.5 Å². The fourth-order valence-corrected chi connectivity index (χ4v) is 4.55. The Bertz CT molecular complexity index is 556.